The van der Waals surface area contributed by atoms with Gasteiger partial charge in [0.25, 0.3) is 0 Å². The monoisotopic (exact) mass is 470 g/mol. The molecule has 0 unspecified atom stereocenters. The maximum atomic E-state index is 13.2. The zero-order chi connectivity index (χ0) is 20.1. The summed E-state index contributed by atoms with van der Waals surface area (Å²) in [6.45, 7) is 4.14. The van der Waals surface area contributed by atoms with Gasteiger partial charge in [-0.05, 0) is 67.4 Å². The van der Waals surface area contributed by atoms with E-state index in [1.54, 1.807) is 36.0 Å². The van der Waals surface area contributed by atoms with Gasteiger partial charge in [-0.2, -0.15) is 0 Å². The number of hydrogen-bond acceptors (Lipinski definition) is 2. The lowest BCUT2D eigenvalue weighted by atomic mass is 10.1. The van der Waals surface area contributed by atoms with Gasteiger partial charge in [0.2, 0.25) is 0 Å². The molecular weight excluding hydrogens is 452 g/mol. The molecule has 0 fully saturated rings. The van der Waals surface area contributed by atoms with Crippen LogP contribution in [0, 0.1) is 13.8 Å². The van der Waals surface area contributed by atoms with Crippen molar-refractivity contribution in [2.45, 2.75) is 19.6 Å². The molecule has 1 nitrogen and oxygen atoms in total. The van der Waals surface area contributed by atoms with Crippen molar-refractivity contribution in [1.82, 2.24) is 0 Å². The second kappa shape index (κ2) is 9.60. The Bertz CT molecular complexity index is 988. The van der Waals surface area contributed by atoms with Crippen LogP contribution in [0.25, 0.3) is 6.08 Å². The topological polar surface area (TPSA) is 17.1 Å². The van der Waals surface area contributed by atoms with Crippen molar-refractivity contribution < 1.29 is 4.79 Å². The first-order chi connectivity index (χ1) is 13.4. The molecule has 0 radical (unpaired) electrons. The molecular formula is C24H20BrClOS. The Morgan fingerprint density at radius 2 is 1.57 bits per heavy atom. The molecule has 0 bridgehead atoms. The Morgan fingerprint density at radius 1 is 0.964 bits per heavy atom. The van der Waals surface area contributed by atoms with E-state index >= 15 is 0 Å². The first kappa shape index (κ1) is 20.9. The van der Waals surface area contributed by atoms with Crippen molar-refractivity contribution in [2.24, 2.45) is 0 Å². The minimum absolute atomic E-state index is 0.0120. The zero-order valence-corrected chi connectivity index (χ0v) is 18.9. The van der Waals surface area contributed by atoms with E-state index in [1.165, 1.54) is 16.7 Å². The Labute approximate surface area is 184 Å². The number of benzene rings is 3. The number of Topliss-reactive ketones (excluding diaryl/α,β-unsaturated/α-hetero) is 1. The average Bonchev–Trinajstić information content (AvgIpc) is 2.65. The average molecular weight is 472 g/mol. The summed E-state index contributed by atoms with van der Waals surface area (Å²) in [5, 5.41) is 0.624. The molecule has 142 valence electrons. The molecule has 0 saturated carbocycles. The van der Waals surface area contributed by atoms with Gasteiger partial charge in [0, 0.05) is 20.8 Å². The van der Waals surface area contributed by atoms with E-state index < -0.39 is 0 Å². The van der Waals surface area contributed by atoms with Crippen molar-refractivity contribution in [3.63, 3.8) is 0 Å². The van der Waals surface area contributed by atoms with E-state index in [2.05, 4.69) is 60.1 Å². The van der Waals surface area contributed by atoms with Gasteiger partial charge >= 0.3 is 0 Å². The van der Waals surface area contributed by atoms with Crippen LogP contribution >= 0.6 is 39.3 Å². The molecule has 3 aromatic carbocycles. The van der Waals surface area contributed by atoms with Crippen LogP contribution < -0.4 is 0 Å². The first-order valence-electron chi connectivity index (χ1n) is 8.88. The highest BCUT2D eigenvalue weighted by Gasteiger charge is 2.14. The SMILES string of the molecule is Cc1cc(C)cc(C=C(SCc2ccc(Br)cc2)C(=O)c2ccc(Cl)cc2)c1. The van der Waals surface area contributed by atoms with Gasteiger partial charge in [-0.25, -0.2) is 0 Å². The Hall–Kier alpha value is -1.81. The van der Waals surface area contributed by atoms with Crippen molar-refractivity contribution in [3.05, 3.63) is 109 Å². The lowest BCUT2D eigenvalue weighted by molar-refractivity contribution is 0.104. The molecule has 0 aliphatic heterocycles. The molecule has 0 aromatic heterocycles. The number of carbonyl (C=O) groups is 1. The number of hydrogen-bond donors (Lipinski definition) is 0. The zero-order valence-electron chi connectivity index (χ0n) is 15.7. The molecule has 4 heteroatoms. The summed E-state index contributed by atoms with van der Waals surface area (Å²) < 4.78 is 1.05. The van der Waals surface area contributed by atoms with E-state index in [-0.39, 0.29) is 5.78 Å². The van der Waals surface area contributed by atoms with Crippen molar-refractivity contribution in [3.8, 4) is 0 Å². The third kappa shape index (κ3) is 5.84. The Kier molecular flexibility index (Phi) is 7.17. The third-order valence-electron chi connectivity index (χ3n) is 4.18. The van der Waals surface area contributed by atoms with E-state index in [9.17, 15) is 4.79 Å². The molecule has 0 N–H and O–H groups in total. The lowest BCUT2D eigenvalue weighted by Crippen LogP contribution is -2.01. The summed E-state index contributed by atoms with van der Waals surface area (Å²) in [4.78, 5) is 13.9. The molecule has 0 amide bonds. The Balaban J connectivity index is 1.92. The van der Waals surface area contributed by atoms with Gasteiger partial charge in [-0.3, -0.25) is 4.79 Å². The van der Waals surface area contributed by atoms with E-state index in [4.69, 9.17) is 11.6 Å². The van der Waals surface area contributed by atoms with Crippen molar-refractivity contribution >= 4 is 51.2 Å². The largest absolute Gasteiger partial charge is 0.288 e. The first-order valence-corrected chi connectivity index (χ1v) is 11.0. The molecule has 3 aromatic rings. The molecule has 0 aliphatic rings. The van der Waals surface area contributed by atoms with Crippen LogP contribution in [0.3, 0.4) is 0 Å². The van der Waals surface area contributed by atoms with Gasteiger partial charge in [0.1, 0.15) is 0 Å². The summed E-state index contributed by atoms with van der Waals surface area (Å²) in [6.07, 6.45) is 1.99. The number of rotatable bonds is 6. The molecule has 0 saturated heterocycles. The second-order valence-electron chi connectivity index (χ2n) is 6.68. The van der Waals surface area contributed by atoms with Crippen molar-refractivity contribution in [1.29, 1.82) is 0 Å². The number of ketones is 1. The standard InChI is InChI=1S/C24H20BrClOS/c1-16-11-17(2)13-19(12-16)14-23(24(27)20-5-9-22(26)10-6-20)28-15-18-3-7-21(25)8-4-18/h3-14H,15H2,1-2H3. The van der Waals surface area contributed by atoms with Crippen LogP contribution in [-0.2, 0) is 5.75 Å². The number of thioether (sulfide) groups is 1. The predicted molar refractivity (Wildman–Crippen MR) is 125 cm³/mol. The Morgan fingerprint density at radius 3 is 2.18 bits per heavy atom. The highest BCUT2D eigenvalue weighted by atomic mass is 79.9. The molecule has 0 spiro atoms. The maximum absolute atomic E-state index is 13.2. The molecule has 3 rings (SSSR count). The fourth-order valence-electron chi connectivity index (χ4n) is 2.90. The number of aryl methyl sites for hydroxylation is 2. The number of carbonyl (C=O) groups excluding carboxylic acids is 1. The quantitative estimate of drug-likeness (QED) is 0.269. The van der Waals surface area contributed by atoms with E-state index in [0.29, 0.717) is 10.6 Å². The molecule has 0 atom stereocenters. The highest BCUT2D eigenvalue weighted by molar-refractivity contribution is 9.10. The molecule has 0 aliphatic carbocycles. The number of halogens is 2. The van der Waals surface area contributed by atoms with E-state index in [0.717, 1.165) is 20.7 Å². The summed E-state index contributed by atoms with van der Waals surface area (Å²) >= 11 is 11.0. The summed E-state index contributed by atoms with van der Waals surface area (Å²) in [5.41, 5.74) is 5.22. The normalized spacial score (nSPS) is 11.5. The number of allylic oxidation sites excluding steroid dienone is 1. The van der Waals surface area contributed by atoms with Crippen LogP contribution in [0.5, 0.6) is 0 Å². The van der Waals surface area contributed by atoms with Crippen LogP contribution in [0.4, 0.5) is 0 Å². The van der Waals surface area contributed by atoms with Crippen LogP contribution in [0.2, 0.25) is 5.02 Å². The fourth-order valence-corrected chi connectivity index (χ4v) is 4.28. The predicted octanol–water partition coefficient (Wildman–Crippen LogP) is 7.88. The fraction of sp³-hybridized carbons (Fsp3) is 0.125. The second-order valence-corrected chi connectivity index (χ2v) is 9.05. The van der Waals surface area contributed by atoms with E-state index in [1.807, 2.05) is 18.2 Å². The van der Waals surface area contributed by atoms with Gasteiger partial charge in [0.05, 0.1) is 4.91 Å². The smallest absolute Gasteiger partial charge is 0.199 e. The van der Waals surface area contributed by atoms with Crippen LogP contribution in [-0.4, -0.2) is 5.78 Å². The van der Waals surface area contributed by atoms with Crippen LogP contribution in [0.15, 0.2) is 76.1 Å². The summed E-state index contributed by atoms with van der Waals surface area (Å²) in [5.74, 6) is 0.737. The summed E-state index contributed by atoms with van der Waals surface area (Å²) in [7, 11) is 0. The maximum Gasteiger partial charge on any atom is 0.199 e. The van der Waals surface area contributed by atoms with Gasteiger partial charge in [0.15, 0.2) is 5.78 Å². The minimum atomic E-state index is 0.0120. The lowest BCUT2D eigenvalue weighted by Gasteiger charge is -2.09. The molecule has 28 heavy (non-hydrogen) atoms. The summed E-state index contributed by atoms with van der Waals surface area (Å²) in [6, 6.07) is 21.6. The minimum Gasteiger partial charge on any atom is -0.288 e. The van der Waals surface area contributed by atoms with Crippen LogP contribution in [0.1, 0.15) is 32.6 Å². The van der Waals surface area contributed by atoms with Gasteiger partial charge < -0.3 is 0 Å². The van der Waals surface area contributed by atoms with Crippen molar-refractivity contribution in [2.75, 3.05) is 0 Å². The van der Waals surface area contributed by atoms with Gasteiger partial charge in [-0.15, -0.1) is 11.8 Å². The molecule has 0 heterocycles. The van der Waals surface area contributed by atoms with Gasteiger partial charge in [-0.1, -0.05) is 69.0 Å². The third-order valence-corrected chi connectivity index (χ3v) is 6.05. The highest BCUT2D eigenvalue weighted by Crippen LogP contribution is 2.28.